The van der Waals surface area contributed by atoms with Crippen LogP contribution in [0.1, 0.15) is 27.2 Å². The summed E-state index contributed by atoms with van der Waals surface area (Å²) in [4.78, 5) is 24.8. The summed E-state index contributed by atoms with van der Waals surface area (Å²) in [6.45, 7) is 6.64. The summed E-state index contributed by atoms with van der Waals surface area (Å²) in [5, 5.41) is 9.26. The number of rotatable bonds is 1. The first-order valence-corrected chi connectivity index (χ1v) is 6.60. The van der Waals surface area contributed by atoms with Gasteiger partial charge in [0.1, 0.15) is 11.5 Å². The number of hydrogen-bond donors (Lipinski definition) is 1. The van der Waals surface area contributed by atoms with E-state index in [1.54, 1.807) is 20.8 Å². The van der Waals surface area contributed by atoms with Crippen molar-refractivity contribution in [1.82, 2.24) is 4.90 Å². The molecule has 0 aromatic heterocycles. The number of nitrogens with zero attached hydrogens (tertiary/aromatic N) is 1. The Bertz CT molecular complexity index is 376. The van der Waals surface area contributed by atoms with Gasteiger partial charge in [0, 0.05) is 25.6 Å². The first kappa shape index (κ1) is 14.1. The zero-order valence-electron chi connectivity index (χ0n) is 11.6. The van der Waals surface area contributed by atoms with Crippen LogP contribution < -0.4 is 0 Å². The van der Waals surface area contributed by atoms with Crippen LogP contribution in [-0.2, 0) is 14.3 Å². The maximum absolute atomic E-state index is 12.0. The molecule has 0 saturated carbocycles. The van der Waals surface area contributed by atoms with Crippen LogP contribution in [0.5, 0.6) is 0 Å². The zero-order chi connectivity index (χ0) is 14.2. The van der Waals surface area contributed by atoms with Gasteiger partial charge < -0.3 is 19.5 Å². The highest BCUT2D eigenvalue weighted by Gasteiger charge is 2.46. The minimum atomic E-state index is -0.912. The van der Waals surface area contributed by atoms with E-state index in [-0.39, 0.29) is 18.6 Å². The Balaban J connectivity index is 2.07. The van der Waals surface area contributed by atoms with Crippen molar-refractivity contribution in [3.8, 4) is 0 Å². The summed E-state index contributed by atoms with van der Waals surface area (Å²) in [5.41, 5.74) is -0.571. The van der Waals surface area contributed by atoms with Crippen LogP contribution in [0.15, 0.2) is 0 Å². The highest BCUT2D eigenvalue weighted by Crippen LogP contribution is 2.33. The summed E-state index contributed by atoms with van der Waals surface area (Å²) >= 11 is 0. The Morgan fingerprint density at radius 3 is 2.58 bits per heavy atom. The fourth-order valence-corrected chi connectivity index (χ4v) is 2.69. The van der Waals surface area contributed by atoms with Gasteiger partial charge in [0.25, 0.3) is 0 Å². The van der Waals surface area contributed by atoms with Crippen LogP contribution in [0.25, 0.3) is 0 Å². The topological polar surface area (TPSA) is 76.1 Å². The predicted octanol–water partition coefficient (Wildman–Crippen LogP) is 1.34. The second kappa shape index (κ2) is 5.00. The number of ether oxygens (including phenoxy) is 2. The lowest BCUT2D eigenvalue weighted by atomic mass is 9.86. The summed E-state index contributed by atoms with van der Waals surface area (Å²) < 4.78 is 10.8. The number of likely N-dealkylation sites (tertiary alicyclic amines) is 1. The van der Waals surface area contributed by atoms with Gasteiger partial charge in [0.05, 0.1) is 6.10 Å². The molecule has 0 aromatic rings. The van der Waals surface area contributed by atoms with Gasteiger partial charge in [-0.3, -0.25) is 4.79 Å². The summed E-state index contributed by atoms with van der Waals surface area (Å²) in [6.07, 6.45) is 0.0913. The first-order valence-electron chi connectivity index (χ1n) is 6.60. The highest BCUT2D eigenvalue weighted by molar-refractivity contribution is 5.74. The molecule has 0 bridgehead atoms. The number of amides is 1. The molecule has 108 valence electrons. The molecule has 2 fully saturated rings. The van der Waals surface area contributed by atoms with E-state index in [1.807, 2.05) is 0 Å². The van der Waals surface area contributed by atoms with E-state index in [9.17, 15) is 14.7 Å². The average molecular weight is 271 g/mol. The molecule has 1 N–H and O–H groups in total. The van der Waals surface area contributed by atoms with Crippen LogP contribution in [-0.4, -0.2) is 53.5 Å². The van der Waals surface area contributed by atoms with Crippen LogP contribution in [0.2, 0.25) is 0 Å². The quantitative estimate of drug-likeness (QED) is 0.779. The Labute approximate surface area is 112 Å². The average Bonchev–Trinajstić information content (AvgIpc) is 2.72. The monoisotopic (exact) mass is 271 g/mol. The molecular formula is C13H21NO5. The van der Waals surface area contributed by atoms with Crippen molar-refractivity contribution in [1.29, 1.82) is 0 Å². The van der Waals surface area contributed by atoms with Crippen molar-refractivity contribution in [2.24, 2.45) is 11.8 Å². The third kappa shape index (κ3) is 3.18. The molecule has 2 saturated heterocycles. The molecule has 0 aliphatic carbocycles. The van der Waals surface area contributed by atoms with Crippen LogP contribution >= 0.6 is 0 Å². The van der Waals surface area contributed by atoms with Gasteiger partial charge in [-0.1, -0.05) is 0 Å². The van der Waals surface area contributed by atoms with Crippen molar-refractivity contribution < 1.29 is 24.2 Å². The minimum absolute atomic E-state index is 0.0994. The third-order valence-corrected chi connectivity index (χ3v) is 3.50. The van der Waals surface area contributed by atoms with Crippen LogP contribution in [0.3, 0.4) is 0 Å². The van der Waals surface area contributed by atoms with Gasteiger partial charge in [0.2, 0.25) is 0 Å². The molecule has 19 heavy (non-hydrogen) atoms. The second-order valence-electron chi connectivity index (χ2n) is 6.21. The van der Waals surface area contributed by atoms with E-state index in [4.69, 9.17) is 9.47 Å². The summed E-state index contributed by atoms with van der Waals surface area (Å²) in [7, 11) is 0. The third-order valence-electron chi connectivity index (χ3n) is 3.50. The van der Waals surface area contributed by atoms with Crippen molar-refractivity contribution in [3.63, 3.8) is 0 Å². The van der Waals surface area contributed by atoms with Gasteiger partial charge in [-0.2, -0.15) is 0 Å². The number of hydrogen-bond acceptors (Lipinski definition) is 4. The van der Waals surface area contributed by atoms with Crippen molar-refractivity contribution >= 4 is 12.1 Å². The number of carbonyl (C=O) groups is 2. The van der Waals surface area contributed by atoms with Crippen molar-refractivity contribution in [2.75, 3.05) is 19.7 Å². The fourth-order valence-electron chi connectivity index (χ4n) is 2.69. The fraction of sp³-hybridized carbons (Fsp3) is 0.846. The van der Waals surface area contributed by atoms with Gasteiger partial charge in [-0.25, -0.2) is 4.79 Å². The molecule has 0 radical (unpaired) electrons. The Hall–Kier alpha value is -1.30. The highest BCUT2D eigenvalue weighted by atomic mass is 16.6. The number of aliphatic carboxylic acids is 1. The lowest BCUT2D eigenvalue weighted by Crippen LogP contribution is -2.53. The molecule has 2 rings (SSSR count). The largest absolute Gasteiger partial charge is 0.481 e. The van der Waals surface area contributed by atoms with E-state index in [2.05, 4.69) is 0 Å². The van der Waals surface area contributed by atoms with E-state index < -0.39 is 23.6 Å². The maximum Gasteiger partial charge on any atom is 0.410 e. The SMILES string of the molecule is CC(C)(C)OC(=O)N1CC2CCOC2C(C(=O)O)C1. The summed E-state index contributed by atoms with van der Waals surface area (Å²) in [5.74, 6) is -1.47. The number of fused-ring (bicyclic) bond motifs is 1. The zero-order valence-corrected chi connectivity index (χ0v) is 11.6. The van der Waals surface area contributed by atoms with Crippen molar-refractivity contribution in [3.05, 3.63) is 0 Å². The van der Waals surface area contributed by atoms with Gasteiger partial charge >= 0.3 is 12.1 Å². The number of carboxylic acid groups (broad SMARTS) is 1. The Morgan fingerprint density at radius 1 is 1.32 bits per heavy atom. The van der Waals surface area contributed by atoms with Crippen molar-refractivity contribution in [2.45, 2.75) is 38.9 Å². The predicted molar refractivity (Wildman–Crippen MR) is 66.8 cm³/mol. The maximum atomic E-state index is 12.0. The molecule has 3 unspecified atom stereocenters. The first-order chi connectivity index (χ1) is 8.78. The molecule has 3 atom stereocenters. The summed E-state index contributed by atoms with van der Waals surface area (Å²) in [6, 6.07) is 0. The van der Waals surface area contributed by atoms with E-state index in [1.165, 1.54) is 4.90 Å². The molecule has 6 nitrogen and oxygen atoms in total. The number of carboxylic acids is 1. The molecule has 2 aliphatic heterocycles. The molecule has 6 heteroatoms. The van der Waals surface area contributed by atoms with Crippen LogP contribution in [0.4, 0.5) is 4.79 Å². The lowest BCUT2D eigenvalue weighted by molar-refractivity contribution is -0.150. The Morgan fingerprint density at radius 2 is 2.00 bits per heavy atom. The van der Waals surface area contributed by atoms with E-state index in [0.29, 0.717) is 13.2 Å². The molecular weight excluding hydrogens is 250 g/mol. The van der Waals surface area contributed by atoms with Gasteiger partial charge in [-0.05, 0) is 27.2 Å². The number of piperidine rings is 1. The standard InChI is InChI=1S/C13H21NO5/c1-13(2,3)19-12(17)14-6-8-4-5-18-10(8)9(7-14)11(15)16/h8-10H,4-7H2,1-3H3,(H,15,16). The number of carbonyl (C=O) groups excluding carboxylic acids is 1. The van der Waals surface area contributed by atoms with E-state index in [0.717, 1.165) is 6.42 Å². The molecule has 1 amide bonds. The lowest BCUT2D eigenvalue weighted by Gasteiger charge is -2.38. The normalized spacial score (nSPS) is 30.9. The van der Waals surface area contributed by atoms with Gasteiger partial charge in [0.15, 0.2) is 0 Å². The molecule has 2 heterocycles. The minimum Gasteiger partial charge on any atom is -0.481 e. The van der Waals surface area contributed by atoms with Crippen LogP contribution in [0, 0.1) is 11.8 Å². The molecule has 0 spiro atoms. The van der Waals surface area contributed by atoms with E-state index >= 15 is 0 Å². The Kier molecular flexibility index (Phi) is 3.71. The smallest absolute Gasteiger partial charge is 0.410 e. The van der Waals surface area contributed by atoms with Gasteiger partial charge in [-0.15, -0.1) is 0 Å². The molecule has 0 aromatic carbocycles. The second-order valence-corrected chi connectivity index (χ2v) is 6.21. The molecule has 2 aliphatic rings.